The van der Waals surface area contributed by atoms with Crippen molar-refractivity contribution >= 4 is 40.5 Å². The number of methoxy groups -OCH3 is 1. The molecule has 1 atom stereocenters. The predicted octanol–water partition coefficient (Wildman–Crippen LogP) is 5.75. The summed E-state index contributed by atoms with van der Waals surface area (Å²) in [5.74, 6) is 0.864. The normalized spacial score (nSPS) is 16.7. The van der Waals surface area contributed by atoms with E-state index in [-0.39, 0.29) is 6.04 Å². The minimum Gasteiger partial charge on any atom is -0.497 e. The van der Waals surface area contributed by atoms with Gasteiger partial charge >= 0.3 is 0 Å². The van der Waals surface area contributed by atoms with Crippen molar-refractivity contribution in [1.82, 2.24) is 0 Å². The van der Waals surface area contributed by atoms with Crippen LogP contribution in [0.5, 0.6) is 5.75 Å². The highest BCUT2D eigenvalue weighted by molar-refractivity contribution is 6.44. The average molecular weight is 343 g/mol. The van der Waals surface area contributed by atoms with Gasteiger partial charge in [0.15, 0.2) is 0 Å². The van der Waals surface area contributed by atoms with Gasteiger partial charge in [-0.05, 0) is 48.2 Å². The Bertz CT molecular complexity index is 687. The van der Waals surface area contributed by atoms with Gasteiger partial charge < -0.3 is 10.1 Å². The Kier molecular flexibility index (Phi) is 4.21. The number of rotatable bonds is 3. The maximum Gasteiger partial charge on any atom is 0.119 e. The number of aryl methyl sites for hydroxylation is 1. The minimum absolute atomic E-state index is 0.199. The molecule has 0 radical (unpaired) electrons. The number of benzene rings is 2. The third-order valence-corrected chi connectivity index (χ3v) is 4.81. The van der Waals surface area contributed by atoms with Crippen LogP contribution < -0.4 is 10.1 Å². The summed E-state index contributed by atoms with van der Waals surface area (Å²) in [5.41, 5.74) is 3.38. The fraction of sp³-hybridized carbons (Fsp3) is 0.250. The molecule has 3 rings (SSSR count). The summed E-state index contributed by atoms with van der Waals surface area (Å²) in [5, 5.41) is 4.98. The smallest absolute Gasteiger partial charge is 0.119 e. The lowest BCUT2D eigenvalue weighted by Crippen LogP contribution is -2.07. The van der Waals surface area contributed by atoms with Crippen LogP contribution in [0.15, 0.2) is 30.3 Å². The number of hydrogen-bond acceptors (Lipinski definition) is 2. The highest BCUT2D eigenvalue weighted by Crippen LogP contribution is 2.39. The lowest BCUT2D eigenvalue weighted by Gasteiger charge is -2.18. The van der Waals surface area contributed by atoms with Gasteiger partial charge in [-0.2, -0.15) is 0 Å². The van der Waals surface area contributed by atoms with Gasteiger partial charge in [0.2, 0.25) is 0 Å². The molecule has 2 aromatic carbocycles. The molecule has 0 saturated carbocycles. The number of ether oxygens (including phenoxy) is 1. The summed E-state index contributed by atoms with van der Waals surface area (Å²) in [7, 11) is 1.68. The van der Waals surface area contributed by atoms with Crippen LogP contribution in [0, 0.1) is 0 Å². The summed E-state index contributed by atoms with van der Waals surface area (Å²) in [6.45, 7) is 0. The summed E-state index contributed by atoms with van der Waals surface area (Å²) < 4.78 is 5.30. The zero-order valence-electron chi connectivity index (χ0n) is 11.4. The number of anilines is 1. The van der Waals surface area contributed by atoms with Gasteiger partial charge in [-0.15, -0.1) is 0 Å². The fourth-order valence-electron chi connectivity index (χ4n) is 2.68. The van der Waals surface area contributed by atoms with Crippen LogP contribution in [-0.4, -0.2) is 7.11 Å². The first-order valence-electron chi connectivity index (χ1n) is 6.66. The molecule has 0 aliphatic heterocycles. The predicted molar refractivity (Wildman–Crippen MR) is 89.2 cm³/mol. The lowest BCUT2D eigenvalue weighted by atomic mass is 10.1. The number of fused-ring (bicyclic) bond motifs is 1. The van der Waals surface area contributed by atoms with Crippen LogP contribution in [0.4, 0.5) is 5.69 Å². The molecule has 110 valence electrons. The van der Waals surface area contributed by atoms with E-state index in [0.717, 1.165) is 24.3 Å². The Morgan fingerprint density at radius 3 is 2.57 bits per heavy atom. The molecule has 0 bridgehead atoms. The van der Waals surface area contributed by atoms with Crippen molar-refractivity contribution in [2.24, 2.45) is 0 Å². The van der Waals surface area contributed by atoms with Crippen molar-refractivity contribution in [2.75, 3.05) is 12.4 Å². The average Bonchev–Trinajstić information content (AvgIpc) is 2.87. The van der Waals surface area contributed by atoms with Crippen molar-refractivity contribution in [2.45, 2.75) is 18.9 Å². The van der Waals surface area contributed by atoms with Crippen LogP contribution in [-0.2, 0) is 6.42 Å². The first-order valence-corrected chi connectivity index (χ1v) is 7.80. The van der Waals surface area contributed by atoms with Gasteiger partial charge in [0.05, 0.1) is 33.9 Å². The molecule has 2 nitrogen and oxygen atoms in total. The third-order valence-electron chi connectivity index (χ3n) is 3.77. The second-order valence-electron chi connectivity index (χ2n) is 5.05. The molecule has 0 spiro atoms. The molecule has 0 heterocycles. The Hall–Kier alpha value is -1.09. The maximum absolute atomic E-state index is 6.24. The summed E-state index contributed by atoms with van der Waals surface area (Å²) in [6, 6.07) is 9.81. The molecular formula is C16H14Cl3NO. The van der Waals surface area contributed by atoms with E-state index in [4.69, 9.17) is 39.5 Å². The lowest BCUT2D eigenvalue weighted by molar-refractivity contribution is 0.414. The van der Waals surface area contributed by atoms with Gasteiger partial charge in [-0.3, -0.25) is 0 Å². The Balaban J connectivity index is 1.90. The van der Waals surface area contributed by atoms with E-state index >= 15 is 0 Å². The van der Waals surface area contributed by atoms with Gasteiger partial charge in [-0.25, -0.2) is 0 Å². The van der Waals surface area contributed by atoms with E-state index in [2.05, 4.69) is 17.4 Å². The minimum atomic E-state index is 0.199. The Morgan fingerprint density at radius 2 is 1.81 bits per heavy atom. The van der Waals surface area contributed by atoms with Gasteiger partial charge in [0.25, 0.3) is 0 Å². The van der Waals surface area contributed by atoms with Crippen LogP contribution in [0.3, 0.4) is 0 Å². The van der Waals surface area contributed by atoms with Crippen molar-refractivity contribution in [3.8, 4) is 5.75 Å². The molecule has 0 amide bonds. The SMILES string of the molecule is COc1ccc2c(c1)C(Nc1cc(Cl)c(Cl)cc1Cl)CC2. The van der Waals surface area contributed by atoms with Gasteiger partial charge in [0, 0.05) is 0 Å². The largest absolute Gasteiger partial charge is 0.497 e. The van der Waals surface area contributed by atoms with Gasteiger partial charge in [0.1, 0.15) is 5.75 Å². The summed E-state index contributed by atoms with van der Waals surface area (Å²) >= 11 is 18.3. The Labute approximate surface area is 139 Å². The highest BCUT2D eigenvalue weighted by Gasteiger charge is 2.23. The van der Waals surface area contributed by atoms with Crippen LogP contribution in [0.25, 0.3) is 0 Å². The zero-order chi connectivity index (χ0) is 15.0. The first-order chi connectivity index (χ1) is 10.1. The van der Waals surface area contributed by atoms with Crippen molar-refractivity contribution < 1.29 is 4.74 Å². The zero-order valence-corrected chi connectivity index (χ0v) is 13.7. The van der Waals surface area contributed by atoms with Crippen LogP contribution >= 0.6 is 34.8 Å². The van der Waals surface area contributed by atoms with Crippen LogP contribution in [0.1, 0.15) is 23.6 Å². The van der Waals surface area contributed by atoms with E-state index in [1.165, 1.54) is 11.1 Å². The topological polar surface area (TPSA) is 21.3 Å². The quantitative estimate of drug-likeness (QED) is 0.717. The van der Waals surface area contributed by atoms with E-state index in [0.29, 0.717) is 15.1 Å². The molecule has 2 aromatic rings. The van der Waals surface area contributed by atoms with E-state index in [1.54, 1.807) is 19.2 Å². The number of hydrogen-bond donors (Lipinski definition) is 1. The van der Waals surface area contributed by atoms with E-state index < -0.39 is 0 Å². The van der Waals surface area contributed by atoms with E-state index in [1.807, 2.05) is 6.07 Å². The van der Waals surface area contributed by atoms with Crippen LogP contribution in [0.2, 0.25) is 15.1 Å². The maximum atomic E-state index is 6.24. The molecular weight excluding hydrogens is 329 g/mol. The summed E-state index contributed by atoms with van der Waals surface area (Å²) in [4.78, 5) is 0. The second-order valence-corrected chi connectivity index (χ2v) is 6.27. The molecule has 1 unspecified atom stereocenters. The third kappa shape index (κ3) is 2.94. The monoisotopic (exact) mass is 341 g/mol. The highest BCUT2D eigenvalue weighted by atomic mass is 35.5. The molecule has 1 aliphatic rings. The number of halogens is 3. The fourth-order valence-corrected chi connectivity index (χ4v) is 3.28. The van der Waals surface area contributed by atoms with E-state index in [9.17, 15) is 0 Å². The summed E-state index contributed by atoms with van der Waals surface area (Å²) in [6.07, 6.45) is 2.05. The molecule has 0 saturated heterocycles. The molecule has 5 heteroatoms. The molecule has 0 aromatic heterocycles. The van der Waals surface area contributed by atoms with Crippen molar-refractivity contribution in [3.63, 3.8) is 0 Å². The molecule has 21 heavy (non-hydrogen) atoms. The molecule has 1 aliphatic carbocycles. The van der Waals surface area contributed by atoms with Crippen molar-refractivity contribution in [1.29, 1.82) is 0 Å². The standard InChI is InChI=1S/C16H14Cl3NO/c1-21-10-4-2-9-3-5-15(11(9)6-10)20-16-8-13(18)12(17)7-14(16)19/h2,4,6-8,15,20H,3,5H2,1H3. The first kappa shape index (κ1) is 14.8. The number of nitrogens with one attached hydrogen (secondary N) is 1. The Morgan fingerprint density at radius 1 is 1.05 bits per heavy atom. The molecule has 0 fully saturated rings. The molecule has 1 N–H and O–H groups in total. The second kappa shape index (κ2) is 5.96. The van der Waals surface area contributed by atoms with Crippen molar-refractivity contribution in [3.05, 3.63) is 56.5 Å². The van der Waals surface area contributed by atoms with Gasteiger partial charge in [-0.1, -0.05) is 40.9 Å².